The third-order valence-electron chi connectivity index (χ3n) is 3.38. The van der Waals surface area contributed by atoms with Gasteiger partial charge in [-0.2, -0.15) is 0 Å². The molecule has 2 nitrogen and oxygen atoms in total. The van der Waals surface area contributed by atoms with E-state index in [9.17, 15) is 22.7 Å². The van der Waals surface area contributed by atoms with E-state index in [1.165, 1.54) is 6.07 Å². The van der Waals surface area contributed by atoms with Gasteiger partial charge in [0.2, 0.25) is 0 Å². The van der Waals surface area contributed by atoms with Crippen LogP contribution in [0.3, 0.4) is 0 Å². The van der Waals surface area contributed by atoms with Crippen LogP contribution in [-0.2, 0) is 0 Å². The molecule has 0 spiro atoms. The number of rotatable bonds is 5. The summed E-state index contributed by atoms with van der Waals surface area (Å²) in [5.74, 6) is -3.28. The molecule has 0 amide bonds. The highest BCUT2D eigenvalue weighted by Gasteiger charge is 2.16. The van der Waals surface area contributed by atoms with Gasteiger partial charge in [0.1, 0.15) is 11.6 Å². The number of aliphatic hydroxyl groups excluding tert-OH is 1. The van der Waals surface area contributed by atoms with Gasteiger partial charge in [0.25, 0.3) is 0 Å². The van der Waals surface area contributed by atoms with Crippen molar-refractivity contribution in [2.75, 3.05) is 6.54 Å². The highest BCUT2D eigenvalue weighted by molar-refractivity contribution is 5.23. The first-order chi connectivity index (χ1) is 10.4. The van der Waals surface area contributed by atoms with Crippen molar-refractivity contribution in [2.45, 2.75) is 19.1 Å². The van der Waals surface area contributed by atoms with Crippen LogP contribution >= 0.6 is 0 Å². The van der Waals surface area contributed by atoms with E-state index in [0.717, 1.165) is 30.3 Å². The maximum Gasteiger partial charge on any atom is 0.159 e. The zero-order valence-electron chi connectivity index (χ0n) is 11.8. The summed E-state index contributed by atoms with van der Waals surface area (Å²) in [5, 5.41) is 12.8. The molecule has 22 heavy (non-hydrogen) atoms. The van der Waals surface area contributed by atoms with E-state index < -0.39 is 35.4 Å². The Morgan fingerprint density at radius 1 is 0.955 bits per heavy atom. The molecule has 2 N–H and O–H groups in total. The first-order valence-electron chi connectivity index (χ1n) is 6.70. The van der Waals surface area contributed by atoms with Crippen molar-refractivity contribution >= 4 is 0 Å². The largest absolute Gasteiger partial charge is 0.387 e. The van der Waals surface area contributed by atoms with Gasteiger partial charge in [0.05, 0.1) is 6.10 Å². The Kier molecular flexibility index (Phi) is 5.15. The van der Waals surface area contributed by atoms with Crippen molar-refractivity contribution in [2.24, 2.45) is 0 Å². The molecule has 118 valence electrons. The highest BCUT2D eigenvalue weighted by Crippen LogP contribution is 2.20. The molecular formula is C16H15F4NO. The topological polar surface area (TPSA) is 32.3 Å². The highest BCUT2D eigenvalue weighted by atomic mass is 19.2. The lowest BCUT2D eigenvalue weighted by atomic mass is 10.1. The van der Waals surface area contributed by atoms with Gasteiger partial charge in [-0.25, -0.2) is 17.6 Å². The van der Waals surface area contributed by atoms with Crippen LogP contribution in [0.1, 0.15) is 30.2 Å². The van der Waals surface area contributed by atoms with E-state index in [4.69, 9.17) is 0 Å². The molecule has 2 rings (SSSR count). The number of nitrogens with one attached hydrogen (secondary N) is 1. The molecule has 0 aliphatic carbocycles. The van der Waals surface area contributed by atoms with Crippen molar-refractivity contribution in [3.8, 4) is 0 Å². The molecule has 2 aromatic rings. The fourth-order valence-electron chi connectivity index (χ4n) is 2.07. The third kappa shape index (κ3) is 3.84. The van der Waals surface area contributed by atoms with Crippen LogP contribution in [0.25, 0.3) is 0 Å². The lowest BCUT2D eigenvalue weighted by molar-refractivity contribution is 0.165. The van der Waals surface area contributed by atoms with E-state index in [1.54, 1.807) is 6.92 Å². The molecule has 0 saturated heterocycles. The fraction of sp³-hybridized carbons (Fsp3) is 0.250. The summed E-state index contributed by atoms with van der Waals surface area (Å²) in [4.78, 5) is 0. The first kappa shape index (κ1) is 16.5. The standard InChI is InChI=1S/C16H15F4NO/c1-9(10-2-4-14(19)15(20)6-10)21-8-16(22)12-7-11(17)3-5-13(12)18/h2-7,9,16,21-22H,8H2,1H3. The maximum absolute atomic E-state index is 13.5. The van der Waals surface area contributed by atoms with Crippen LogP contribution in [0.4, 0.5) is 17.6 Å². The third-order valence-corrected chi connectivity index (χ3v) is 3.38. The summed E-state index contributed by atoms with van der Waals surface area (Å²) in [7, 11) is 0. The molecule has 2 aromatic carbocycles. The van der Waals surface area contributed by atoms with Crippen LogP contribution in [0.5, 0.6) is 0 Å². The quantitative estimate of drug-likeness (QED) is 0.826. The smallest absolute Gasteiger partial charge is 0.159 e. The van der Waals surface area contributed by atoms with E-state index in [2.05, 4.69) is 5.32 Å². The van der Waals surface area contributed by atoms with E-state index in [0.29, 0.717) is 5.56 Å². The summed E-state index contributed by atoms with van der Waals surface area (Å²) in [6.07, 6.45) is -1.26. The second kappa shape index (κ2) is 6.89. The predicted octanol–water partition coefficient (Wildman–Crippen LogP) is 3.63. The lowest BCUT2D eigenvalue weighted by Gasteiger charge is -2.18. The van der Waals surface area contributed by atoms with Crippen LogP contribution in [0, 0.1) is 23.3 Å². The summed E-state index contributed by atoms with van der Waals surface area (Å²) >= 11 is 0. The molecule has 0 radical (unpaired) electrons. The Balaban J connectivity index is 2.02. The van der Waals surface area contributed by atoms with Gasteiger partial charge in [0, 0.05) is 18.2 Å². The molecule has 0 bridgehead atoms. The van der Waals surface area contributed by atoms with Crippen LogP contribution in [0.15, 0.2) is 36.4 Å². The summed E-state index contributed by atoms with van der Waals surface area (Å²) in [5.41, 5.74) is 0.316. The SMILES string of the molecule is CC(NCC(O)c1cc(F)ccc1F)c1ccc(F)c(F)c1. The first-order valence-corrected chi connectivity index (χ1v) is 6.70. The minimum absolute atomic E-state index is 0.0689. The molecule has 0 fully saturated rings. The molecule has 0 aliphatic heterocycles. The molecule has 2 atom stereocenters. The Morgan fingerprint density at radius 3 is 2.32 bits per heavy atom. The Labute approximate surface area is 125 Å². The lowest BCUT2D eigenvalue weighted by Crippen LogP contribution is -2.25. The molecule has 2 unspecified atom stereocenters. The molecular weight excluding hydrogens is 298 g/mol. The number of hydrogen-bond acceptors (Lipinski definition) is 2. The number of benzene rings is 2. The number of aliphatic hydroxyl groups is 1. The van der Waals surface area contributed by atoms with Crippen LogP contribution in [-0.4, -0.2) is 11.7 Å². The van der Waals surface area contributed by atoms with E-state index in [1.807, 2.05) is 0 Å². The maximum atomic E-state index is 13.5. The van der Waals surface area contributed by atoms with Gasteiger partial charge in [-0.15, -0.1) is 0 Å². The Morgan fingerprint density at radius 2 is 1.64 bits per heavy atom. The van der Waals surface area contributed by atoms with Gasteiger partial charge in [-0.05, 0) is 42.8 Å². The molecule has 0 aromatic heterocycles. The Hall–Kier alpha value is -1.92. The van der Waals surface area contributed by atoms with Crippen molar-refractivity contribution < 1.29 is 22.7 Å². The summed E-state index contributed by atoms with van der Waals surface area (Å²) < 4.78 is 52.6. The number of hydrogen-bond donors (Lipinski definition) is 2. The minimum Gasteiger partial charge on any atom is -0.387 e. The van der Waals surface area contributed by atoms with Crippen LogP contribution in [0.2, 0.25) is 0 Å². The second-order valence-corrected chi connectivity index (χ2v) is 4.99. The predicted molar refractivity (Wildman–Crippen MR) is 74.1 cm³/mol. The zero-order valence-corrected chi connectivity index (χ0v) is 11.8. The van der Waals surface area contributed by atoms with Gasteiger partial charge in [-0.1, -0.05) is 6.07 Å². The molecule has 0 saturated carbocycles. The van der Waals surface area contributed by atoms with Crippen molar-refractivity contribution in [3.05, 3.63) is 70.8 Å². The van der Waals surface area contributed by atoms with E-state index >= 15 is 0 Å². The monoisotopic (exact) mass is 313 g/mol. The second-order valence-electron chi connectivity index (χ2n) is 4.99. The fourth-order valence-corrected chi connectivity index (χ4v) is 2.07. The minimum atomic E-state index is -1.26. The zero-order chi connectivity index (χ0) is 16.3. The van der Waals surface area contributed by atoms with Crippen molar-refractivity contribution in [1.82, 2.24) is 5.32 Å². The average molecular weight is 313 g/mol. The Bertz CT molecular complexity index is 663. The molecule has 6 heteroatoms. The van der Waals surface area contributed by atoms with Gasteiger partial charge < -0.3 is 10.4 Å². The summed E-state index contributed by atoms with van der Waals surface area (Å²) in [6, 6.07) is 5.87. The van der Waals surface area contributed by atoms with Crippen molar-refractivity contribution in [1.29, 1.82) is 0 Å². The normalized spacial score (nSPS) is 13.9. The van der Waals surface area contributed by atoms with E-state index in [-0.39, 0.29) is 12.1 Å². The number of halogens is 4. The summed E-state index contributed by atoms with van der Waals surface area (Å²) in [6.45, 7) is 1.61. The molecule has 0 aliphatic rings. The van der Waals surface area contributed by atoms with Gasteiger partial charge in [0.15, 0.2) is 11.6 Å². The van der Waals surface area contributed by atoms with Gasteiger partial charge >= 0.3 is 0 Å². The van der Waals surface area contributed by atoms with Crippen LogP contribution < -0.4 is 5.32 Å². The van der Waals surface area contributed by atoms with Gasteiger partial charge in [-0.3, -0.25) is 0 Å². The van der Waals surface area contributed by atoms with Crippen molar-refractivity contribution in [3.63, 3.8) is 0 Å². The molecule has 0 heterocycles. The average Bonchev–Trinajstić information content (AvgIpc) is 2.49.